The molecule has 8 heteroatoms. The van der Waals surface area contributed by atoms with Crippen molar-refractivity contribution in [2.75, 3.05) is 20.1 Å². The van der Waals surface area contributed by atoms with Crippen LogP contribution in [0.4, 0.5) is 4.39 Å². The van der Waals surface area contributed by atoms with E-state index in [-0.39, 0.29) is 41.7 Å². The van der Waals surface area contributed by atoms with Crippen LogP contribution in [0.15, 0.2) is 27.7 Å². The SMILES string of the molecule is CCC(=O)N1CCC(NC(=NC)NCc2ccc(Br)c(F)c2)C1.I. The quantitative estimate of drug-likeness (QED) is 0.370. The Labute approximate surface area is 167 Å². The summed E-state index contributed by atoms with van der Waals surface area (Å²) in [4.78, 5) is 17.8. The number of carbonyl (C=O) groups is 1. The van der Waals surface area contributed by atoms with Crippen molar-refractivity contribution in [3.8, 4) is 0 Å². The Morgan fingerprint density at radius 1 is 1.50 bits per heavy atom. The summed E-state index contributed by atoms with van der Waals surface area (Å²) in [5.74, 6) is 0.559. The zero-order valence-corrected chi connectivity index (χ0v) is 17.7. The molecule has 1 atom stereocenters. The van der Waals surface area contributed by atoms with Gasteiger partial charge in [-0.2, -0.15) is 0 Å². The molecule has 1 unspecified atom stereocenters. The number of guanidine groups is 1. The maximum atomic E-state index is 13.5. The number of nitrogens with one attached hydrogen (secondary N) is 2. The summed E-state index contributed by atoms with van der Waals surface area (Å²) in [6.07, 6.45) is 1.44. The first-order chi connectivity index (χ1) is 11.0. The number of hydrogen-bond acceptors (Lipinski definition) is 2. The van der Waals surface area contributed by atoms with Gasteiger partial charge in [0.15, 0.2) is 5.96 Å². The summed E-state index contributed by atoms with van der Waals surface area (Å²) < 4.78 is 14.0. The van der Waals surface area contributed by atoms with E-state index >= 15 is 0 Å². The van der Waals surface area contributed by atoms with Gasteiger partial charge in [-0.3, -0.25) is 9.79 Å². The smallest absolute Gasteiger partial charge is 0.222 e. The molecule has 134 valence electrons. The molecule has 1 aromatic carbocycles. The molecule has 2 rings (SSSR count). The number of benzene rings is 1. The number of likely N-dealkylation sites (tertiary alicyclic amines) is 1. The Morgan fingerprint density at radius 2 is 2.25 bits per heavy atom. The maximum Gasteiger partial charge on any atom is 0.222 e. The van der Waals surface area contributed by atoms with Crippen LogP contribution in [0.2, 0.25) is 0 Å². The van der Waals surface area contributed by atoms with Crippen molar-refractivity contribution in [1.29, 1.82) is 0 Å². The highest BCUT2D eigenvalue weighted by Crippen LogP contribution is 2.16. The molecule has 1 aliphatic rings. The lowest BCUT2D eigenvalue weighted by Crippen LogP contribution is -2.44. The monoisotopic (exact) mass is 512 g/mol. The van der Waals surface area contributed by atoms with E-state index in [1.54, 1.807) is 13.1 Å². The highest BCUT2D eigenvalue weighted by atomic mass is 127. The molecular formula is C16H23BrFIN4O. The molecule has 0 radical (unpaired) electrons. The summed E-state index contributed by atoms with van der Waals surface area (Å²) >= 11 is 3.14. The van der Waals surface area contributed by atoms with Gasteiger partial charge in [-0.1, -0.05) is 13.0 Å². The van der Waals surface area contributed by atoms with Gasteiger partial charge in [-0.05, 0) is 40.0 Å². The molecule has 1 aliphatic heterocycles. The highest BCUT2D eigenvalue weighted by molar-refractivity contribution is 14.0. The van der Waals surface area contributed by atoms with E-state index in [2.05, 4.69) is 31.6 Å². The molecule has 2 N–H and O–H groups in total. The standard InChI is InChI=1S/C16H22BrFN4O.HI/c1-3-15(23)22-7-6-12(10-22)21-16(19-2)20-9-11-4-5-13(17)14(18)8-11;/h4-5,8,12H,3,6-7,9-10H2,1-2H3,(H2,19,20,21);1H. The van der Waals surface area contributed by atoms with Crippen molar-refractivity contribution in [2.45, 2.75) is 32.4 Å². The zero-order valence-electron chi connectivity index (χ0n) is 13.8. The number of rotatable bonds is 4. The van der Waals surface area contributed by atoms with Crippen molar-refractivity contribution in [3.05, 3.63) is 34.1 Å². The van der Waals surface area contributed by atoms with E-state index in [4.69, 9.17) is 0 Å². The van der Waals surface area contributed by atoms with E-state index in [1.165, 1.54) is 6.07 Å². The summed E-state index contributed by atoms with van der Waals surface area (Å²) in [5, 5.41) is 6.48. The van der Waals surface area contributed by atoms with Crippen molar-refractivity contribution in [1.82, 2.24) is 15.5 Å². The van der Waals surface area contributed by atoms with E-state index in [9.17, 15) is 9.18 Å². The number of hydrogen-bond donors (Lipinski definition) is 2. The Kier molecular flexibility index (Phi) is 8.96. The fourth-order valence-electron chi connectivity index (χ4n) is 2.55. The van der Waals surface area contributed by atoms with Crippen LogP contribution in [0.25, 0.3) is 0 Å². The van der Waals surface area contributed by atoms with Crippen molar-refractivity contribution < 1.29 is 9.18 Å². The first-order valence-electron chi connectivity index (χ1n) is 7.72. The predicted octanol–water partition coefficient (Wildman–Crippen LogP) is 2.88. The van der Waals surface area contributed by atoms with Crippen molar-refractivity contribution in [3.63, 3.8) is 0 Å². The molecule has 1 heterocycles. The first kappa shape index (κ1) is 21.1. The number of carbonyl (C=O) groups excluding carboxylic acids is 1. The van der Waals surface area contributed by atoms with Gasteiger partial charge in [0.2, 0.25) is 5.91 Å². The number of halogens is 3. The Morgan fingerprint density at radius 3 is 2.88 bits per heavy atom. The predicted molar refractivity (Wildman–Crippen MR) is 108 cm³/mol. The third-order valence-electron chi connectivity index (χ3n) is 3.85. The first-order valence-corrected chi connectivity index (χ1v) is 8.51. The largest absolute Gasteiger partial charge is 0.352 e. The van der Waals surface area contributed by atoms with Crippen LogP contribution in [-0.2, 0) is 11.3 Å². The molecule has 1 aromatic rings. The summed E-state index contributed by atoms with van der Waals surface area (Å²) in [6, 6.07) is 5.22. The van der Waals surface area contributed by atoms with Crippen LogP contribution in [0.3, 0.4) is 0 Å². The third-order valence-corrected chi connectivity index (χ3v) is 4.49. The number of nitrogens with zero attached hydrogens (tertiary/aromatic N) is 2. The molecule has 1 saturated heterocycles. The van der Waals surface area contributed by atoms with Crippen LogP contribution in [0.5, 0.6) is 0 Å². The van der Waals surface area contributed by atoms with E-state index < -0.39 is 0 Å². The fraction of sp³-hybridized carbons (Fsp3) is 0.500. The zero-order chi connectivity index (χ0) is 16.8. The average Bonchev–Trinajstić information content (AvgIpc) is 3.02. The summed E-state index contributed by atoms with van der Waals surface area (Å²) in [6.45, 7) is 3.83. The number of aliphatic imine (C=N–C) groups is 1. The molecular weight excluding hydrogens is 490 g/mol. The second kappa shape index (κ2) is 10.2. The minimum atomic E-state index is -0.281. The molecule has 0 aliphatic carbocycles. The molecule has 1 fully saturated rings. The Balaban J connectivity index is 0.00000288. The lowest BCUT2D eigenvalue weighted by molar-refractivity contribution is -0.129. The van der Waals surface area contributed by atoms with Crippen LogP contribution < -0.4 is 10.6 Å². The molecule has 0 aromatic heterocycles. The lowest BCUT2D eigenvalue weighted by atomic mass is 10.2. The molecule has 0 saturated carbocycles. The maximum absolute atomic E-state index is 13.5. The Bertz CT molecular complexity index is 599. The van der Waals surface area contributed by atoms with Crippen LogP contribution >= 0.6 is 39.9 Å². The van der Waals surface area contributed by atoms with Gasteiger partial charge >= 0.3 is 0 Å². The van der Waals surface area contributed by atoms with Gasteiger partial charge in [-0.25, -0.2) is 4.39 Å². The molecule has 5 nitrogen and oxygen atoms in total. The van der Waals surface area contributed by atoms with E-state index in [1.807, 2.05) is 17.9 Å². The van der Waals surface area contributed by atoms with Crippen molar-refractivity contribution in [2.24, 2.45) is 4.99 Å². The molecule has 1 amide bonds. The second-order valence-electron chi connectivity index (χ2n) is 5.50. The van der Waals surface area contributed by atoms with Gasteiger partial charge in [0.05, 0.1) is 4.47 Å². The second-order valence-corrected chi connectivity index (χ2v) is 6.35. The van der Waals surface area contributed by atoms with Gasteiger partial charge in [0, 0.05) is 39.1 Å². The van der Waals surface area contributed by atoms with Gasteiger partial charge in [0.25, 0.3) is 0 Å². The normalized spacial score (nSPS) is 17.4. The van der Waals surface area contributed by atoms with Gasteiger partial charge < -0.3 is 15.5 Å². The van der Waals surface area contributed by atoms with E-state index in [0.29, 0.717) is 29.9 Å². The Hall–Kier alpha value is -0.900. The van der Waals surface area contributed by atoms with Crippen LogP contribution in [0, 0.1) is 5.82 Å². The summed E-state index contributed by atoms with van der Waals surface area (Å²) in [7, 11) is 1.70. The lowest BCUT2D eigenvalue weighted by Gasteiger charge is -2.18. The molecule has 24 heavy (non-hydrogen) atoms. The molecule has 0 bridgehead atoms. The van der Waals surface area contributed by atoms with Crippen LogP contribution in [-0.4, -0.2) is 42.9 Å². The van der Waals surface area contributed by atoms with Crippen molar-refractivity contribution >= 4 is 51.8 Å². The number of amides is 1. The third kappa shape index (κ3) is 5.87. The average molecular weight is 513 g/mol. The summed E-state index contributed by atoms with van der Waals surface area (Å²) in [5.41, 5.74) is 0.836. The minimum absolute atomic E-state index is 0. The van der Waals surface area contributed by atoms with Gasteiger partial charge in [-0.15, -0.1) is 24.0 Å². The van der Waals surface area contributed by atoms with Gasteiger partial charge in [0.1, 0.15) is 5.82 Å². The molecule has 0 spiro atoms. The highest BCUT2D eigenvalue weighted by Gasteiger charge is 2.25. The minimum Gasteiger partial charge on any atom is -0.352 e. The van der Waals surface area contributed by atoms with Crippen LogP contribution in [0.1, 0.15) is 25.3 Å². The topological polar surface area (TPSA) is 56.7 Å². The fourth-order valence-corrected chi connectivity index (χ4v) is 2.80. The van der Waals surface area contributed by atoms with E-state index in [0.717, 1.165) is 18.5 Å².